The summed E-state index contributed by atoms with van der Waals surface area (Å²) in [6.07, 6.45) is -4.44. The zero-order valence-electron chi connectivity index (χ0n) is 10.5. The molecule has 0 spiro atoms. The molecule has 4 nitrogen and oxygen atoms in total. The Labute approximate surface area is 108 Å². The lowest BCUT2D eigenvalue weighted by molar-refractivity contribution is -0.138. The van der Waals surface area contributed by atoms with Crippen molar-refractivity contribution in [3.05, 3.63) is 41.0 Å². The van der Waals surface area contributed by atoms with E-state index in [9.17, 15) is 13.2 Å². The molecule has 7 heteroatoms. The maximum atomic E-state index is 12.9. The van der Waals surface area contributed by atoms with Crippen molar-refractivity contribution in [2.45, 2.75) is 26.6 Å². The van der Waals surface area contributed by atoms with E-state index in [1.54, 1.807) is 13.8 Å². The third kappa shape index (κ3) is 2.86. The van der Waals surface area contributed by atoms with Gasteiger partial charge in [-0.15, -0.1) is 0 Å². The van der Waals surface area contributed by atoms with E-state index in [1.165, 1.54) is 16.8 Å². The van der Waals surface area contributed by atoms with Crippen LogP contribution in [0.15, 0.2) is 18.2 Å². The number of aryl methyl sites for hydroxylation is 2. The number of aromatic nitrogens is 3. The number of rotatable bonds is 2. The van der Waals surface area contributed by atoms with Crippen LogP contribution in [0.5, 0.6) is 0 Å². The van der Waals surface area contributed by atoms with Gasteiger partial charge in [-0.3, -0.25) is 0 Å². The Morgan fingerprint density at radius 1 is 1.26 bits per heavy atom. The third-order valence-corrected chi connectivity index (χ3v) is 2.72. The predicted octanol–water partition coefficient (Wildman–Crippen LogP) is 2.54. The first kappa shape index (κ1) is 13.4. The van der Waals surface area contributed by atoms with Crippen LogP contribution in [0.25, 0.3) is 0 Å². The molecule has 102 valence electrons. The number of hydrogen-bond acceptors (Lipinski definition) is 3. The maximum absolute atomic E-state index is 12.9. The van der Waals surface area contributed by atoms with Crippen molar-refractivity contribution in [2.75, 3.05) is 5.73 Å². The minimum atomic E-state index is -4.44. The molecule has 0 saturated carbocycles. The molecule has 1 aromatic carbocycles. The quantitative estimate of drug-likeness (QED) is 0.853. The summed E-state index contributed by atoms with van der Waals surface area (Å²) in [6, 6.07) is 3.76. The Morgan fingerprint density at radius 3 is 2.47 bits per heavy atom. The van der Waals surface area contributed by atoms with E-state index in [1.807, 2.05) is 0 Å². The molecule has 2 N–H and O–H groups in total. The van der Waals surface area contributed by atoms with Crippen molar-refractivity contribution >= 4 is 5.69 Å². The summed E-state index contributed by atoms with van der Waals surface area (Å²) < 4.78 is 40.2. The highest BCUT2D eigenvalue weighted by Crippen LogP contribution is 2.33. The average molecular weight is 270 g/mol. The largest absolute Gasteiger partial charge is 0.416 e. The first-order valence-electron chi connectivity index (χ1n) is 5.61. The number of nitrogens with two attached hydrogens (primary N) is 1. The van der Waals surface area contributed by atoms with Crippen LogP contribution in [0, 0.1) is 13.8 Å². The van der Waals surface area contributed by atoms with E-state index in [-0.39, 0.29) is 17.8 Å². The molecular formula is C12H13F3N4. The van der Waals surface area contributed by atoms with Gasteiger partial charge in [0.25, 0.3) is 0 Å². The van der Waals surface area contributed by atoms with Gasteiger partial charge in [0.15, 0.2) is 0 Å². The molecule has 0 atom stereocenters. The zero-order chi connectivity index (χ0) is 14.2. The maximum Gasteiger partial charge on any atom is 0.416 e. The van der Waals surface area contributed by atoms with Gasteiger partial charge in [0, 0.05) is 5.69 Å². The minimum Gasteiger partial charge on any atom is -0.399 e. The van der Waals surface area contributed by atoms with Crippen LogP contribution in [0.1, 0.15) is 22.8 Å². The molecule has 1 heterocycles. The highest BCUT2D eigenvalue weighted by atomic mass is 19.4. The van der Waals surface area contributed by atoms with Gasteiger partial charge < -0.3 is 5.73 Å². The van der Waals surface area contributed by atoms with E-state index >= 15 is 0 Å². The monoisotopic (exact) mass is 270 g/mol. The van der Waals surface area contributed by atoms with E-state index in [0.717, 1.165) is 6.07 Å². The smallest absolute Gasteiger partial charge is 0.399 e. The summed E-state index contributed by atoms with van der Waals surface area (Å²) in [5.41, 5.74) is 4.89. The fourth-order valence-electron chi connectivity index (χ4n) is 1.87. The fraction of sp³-hybridized carbons (Fsp3) is 0.333. The Bertz CT molecular complexity index is 602. The molecular weight excluding hydrogens is 257 g/mol. The number of halogens is 3. The minimum absolute atomic E-state index is 0.0157. The van der Waals surface area contributed by atoms with Gasteiger partial charge in [0.2, 0.25) is 0 Å². The van der Waals surface area contributed by atoms with Gasteiger partial charge in [-0.25, -0.2) is 9.67 Å². The average Bonchev–Trinajstić information content (AvgIpc) is 2.58. The standard InChI is InChI=1S/C12H13F3N4/c1-7-17-8(2)19(18-7)6-9-3-4-10(16)5-11(9)12(13,14)15/h3-5H,6,16H2,1-2H3. The van der Waals surface area contributed by atoms with E-state index in [4.69, 9.17) is 5.73 Å². The van der Waals surface area contributed by atoms with Crippen LogP contribution in [-0.4, -0.2) is 14.8 Å². The van der Waals surface area contributed by atoms with Crippen LogP contribution in [-0.2, 0) is 12.7 Å². The Kier molecular flexibility index (Phi) is 3.21. The molecule has 0 radical (unpaired) electrons. The summed E-state index contributed by atoms with van der Waals surface area (Å²) in [4.78, 5) is 4.06. The molecule has 1 aromatic heterocycles. The van der Waals surface area contributed by atoms with Crippen molar-refractivity contribution in [3.63, 3.8) is 0 Å². The SMILES string of the molecule is Cc1nc(C)n(Cc2ccc(N)cc2C(F)(F)F)n1. The number of hydrogen-bond donors (Lipinski definition) is 1. The molecule has 0 aliphatic carbocycles. The molecule has 0 aliphatic rings. The van der Waals surface area contributed by atoms with E-state index < -0.39 is 11.7 Å². The van der Waals surface area contributed by atoms with Crippen LogP contribution in [0.2, 0.25) is 0 Å². The van der Waals surface area contributed by atoms with Gasteiger partial charge in [-0.2, -0.15) is 18.3 Å². The topological polar surface area (TPSA) is 56.7 Å². The van der Waals surface area contributed by atoms with E-state index in [2.05, 4.69) is 10.1 Å². The van der Waals surface area contributed by atoms with Crippen molar-refractivity contribution in [1.82, 2.24) is 14.8 Å². The lowest BCUT2D eigenvalue weighted by Crippen LogP contribution is -2.13. The van der Waals surface area contributed by atoms with Crippen LogP contribution >= 0.6 is 0 Å². The lowest BCUT2D eigenvalue weighted by atomic mass is 10.1. The molecule has 0 saturated heterocycles. The fourth-order valence-corrected chi connectivity index (χ4v) is 1.87. The summed E-state index contributed by atoms with van der Waals surface area (Å²) in [5, 5.41) is 4.06. The first-order chi connectivity index (χ1) is 8.77. The molecule has 0 amide bonds. The zero-order valence-corrected chi connectivity index (χ0v) is 10.5. The van der Waals surface area contributed by atoms with Gasteiger partial charge in [-0.1, -0.05) is 6.07 Å². The second kappa shape index (κ2) is 4.56. The molecule has 2 aromatic rings. The Balaban J connectivity index is 2.43. The molecule has 19 heavy (non-hydrogen) atoms. The van der Waals surface area contributed by atoms with Crippen LogP contribution in [0.4, 0.5) is 18.9 Å². The molecule has 0 bridgehead atoms. The second-order valence-electron chi connectivity index (χ2n) is 4.28. The number of anilines is 1. The molecule has 0 aliphatic heterocycles. The Morgan fingerprint density at radius 2 is 1.95 bits per heavy atom. The first-order valence-corrected chi connectivity index (χ1v) is 5.61. The number of benzene rings is 1. The van der Waals surface area contributed by atoms with Gasteiger partial charge in [0.05, 0.1) is 12.1 Å². The number of nitrogens with zero attached hydrogens (tertiary/aromatic N) is 3. The third-order valence-electron chi connectivity index (χ3n) is 2.72. The van der Waals surface area contributed by atoms with E-state index in [0.29, 0.717) is 11.6 Å². The van der Waals surface area contributed by atoms with Crippen molar-refractivity contribution in [2.24, 2.45) is 0 Å². The van der Waals surface area contributed by atoms with Crippen LogP contribution < -0.4 is 5.73 Å². The van der Waals surface area contributed by atoms with Crippen molar-refractivity contribution in [3.8, 4) is 0 Å². The highest BCUT2D eigenvalue weighted by Gasteiger charge is 2.33. The van der Waals surface area contributed by atoms with Gasteiger partial charge >= 0.3 is 6.18 Å². The van der Waals surface area contributed by atoms with Gasteiger partial charge in [-0.05, 0) is 31.5 Å². The molecule has 2 rings (SSSR count). The van der Waals surface area contributed by atoms with Crippen LogP contribution in [0.3, 0.4) is 0 Å². The summed E-state index contributed by atoms with van der Waals surface area (Å²) in [5.74, 6) is 1.10. The highest BCUT2D eigenvalue weighted by molar-refractivity contribution is 5.46. The Hall–Kier alpha value is -2.05. The number of nitrogen functional groups attached to an aromatic ring is 1. The summed E-state index contributed by atoms with van der Waals surface area (Å²) in [6.45, 7) is 3.41. The normalized spacial score (nSPS) is 11.8. The van der Waals surface area contributed by atoms with Crippen molar-refractivity contribution in [1.29, 1.82) is 0 Å². The lowest BCUT2D eigenvalue weighted by Gasteiger charge is -2.14. The second-order valence-corrected chi connectivity index (χ2v) is 4.28. The van der Waals surface area contributed by atoms with Crippen molar-refractivity contribution < 1.29 is 13.2 Å². The predicted molar refractivity (Wildman–Crippen MR) is 64.5 cm³/mol. The summed E-state index contributed by atoms with van der Waals surface area (Å²) in [7, 11) is 0. The number of alkyl halides is 3. The molecule has 0 unspecified atom stereocenters. The molecule has 0 fully saturated rings. The summed E-state index contributed by atoms with van der Waals surface area (Å²) >= 11 is 0. The van der Waals surface area contributed by atoms with Gasteiger partial charge in [0.1, 0.15) is 11.6 Å².